The first-order valence-electron chi connectivity index (χ1n) is 6.12. The first-order chi connectivity index (χ1) is 8.65. The maximum atomic E-state index is 11.8. The topological polar surface area (TPSA) is 55.1 Å². The van der Waals surface area contributed by atoms with Crippen LogP contribution < -0.4 is 11.1 Å². The average molecular weight is 285 g/mol. The fourth-order valence-electron chi connectivity index (χ4n) is 2.12. The molecule has 5 heteroatoms. The predicted molar refractivity (Wildman–Crippen MR) is 77.0 cm³/mol. The summed E-state index contributed by atoms with van der Waals surface area (Å²) in [4.78, 5) is 12.6. The lowest BCUT2D eigenvalue weighted by molar-refractivity contribution is -0.119. The minimum Gasteiger partial charge on any atom is -0.399 e. The number of halogens is 1. The zero-order valence-electron chi connectivity index (χ0n) is 10.1. The molecule has 1 aromatic rings. The van der Waals surface area contributed by atoms with Crippen molar-refractivity contribution >= 4 is 35.0 Å². The molecule has 2 rings (SSSR count). The third-order valence-electron chi connectivity index (χ3n) is 3.03. The van der Waals surface area contributed by atoms with Crippen LogP contribution in [-0.2, 0) is 4.79 Å². The van der Waals surface area contributed by atoms with Crippen molar-refractivity contribution in [1.29, 1.82) is 0 Å². The van der Waals surface area contributed by atoms with Crippen LogP contribution in [0.15, 0.2) is 23.1 Å². The molecular weight excluding hydrogens is 268 g/mol. The van der Waals surface area contributed by atoms with Crippen molar-refractivity contribution < 1.29 is 4.79 Å². The van der Waals surface area contributed by atoms with Gasteiger partial charge in [0.2, 0.25) is 5.91 Å². The van der Waals surface area contributed by atoms with Crippen LogP contribution in [-0.4, -0.2) is 17.7 Å². The Morgan fingerprint density at radius 3 is 2.83 bits per heavy atom. The fraction of sp³-hybridized carbons (Fsp3) is 0.462. The van der Waals surface area contributed by atoms with Crippen LogP contribution in [0.2, 0.25) is 5.02 Å². The van der Waals surface area contributed by atoms with E-state index in [2.05, 4.69) is 5.32 Å². The molecule has 1 fully saturated rings. The van der Waals surface area contributed by atoms with E-state index in [4.69, 9.17) is 17.3 Å². The third kappa shape index (κ3) is 3.82. The van der Waals surface area contributed by atoms with Gasteiger partial charge in [0.1, 0.15) is 0 Å². The first-order valence-corrected chi connectivity index (χ1v) is 7.48. The Morgan fingerprint density at radius 1 is 1.44 bits per heavy atom. The molecular formula is C13H17ClN2OS. The standard InChI is InChI=1S/C13H17ClN2OS/c14-11-7-9(15)5-6-12(11)18-8-13(17)16-10-3-1-2-4-10/h5-7,10H,1-4,8,15H2,(H,16,17). The lowest BCUT2D eigenvalue weighted by atomic mass is 10.2. The summed E-state index contributed by atoms with van der Waals surface area (Å²) in [7, 11) is 0. The maximum absolute atomic E-state index is 11.8. The monoisotopic (exact) mass is 284 g/mol. The van der Waals surface area contributed by atoms with Crippen molar-refractivity contribution in [2.45, 2.75) is 36.6 Å². The van der Waals surface area contributed by atoms with E-state index in [1.54, 1.807) is 12.1 Å². The highest BCUT2D eigenvalue weighted by Crippen LogP contribution is 2.28. The summed E-state index contributed by atoms with van der Waals surface area (Å²) in [6, 6.07) is 5.73. The Kier molecular flexibility index (Phi) is 4.78. The van der Waals surface area contributed by atoms with Gasteiger partial charge in [-0.3, -0.25) is 4.79 Å². The van der Waals surface area contributed by atoms with E-state index in [1.165, 1.54) is 24.6 Å². The average Bonchev–Trinajstić information content (AvgIpc) is 2.80. The van der Waals surface area contributed by atoms with Gasteiger partial charge in [0.15, 0.2) is 0 Å². The summed E-state index contributed by atoms with van der Waals surface area (Å²) in [6.45, 7) is 0. The highest BCUT2D eigenvalue weighted by molar-refractivity contribution is 8.00. The van der Waals surface area contributed by atoms with Crippen molar-refractivity contribution in [2.24, 2.45) is 0 Å². The van der Waals surface area contributed by atoms with Crippen molar-refractivity contribution in [3.63, 3.8) is 0 Å². The second kappa shape index (κ2) is 6.34. The van der Waals surface area contributed by atoms with Gasteiger partial charge < -0.3 is 11.1 Å². The summed E-state index contributed by atoms with van der Waals surface area (Å²) >= 11 is 7.50. The summed E-state index contributed by atoms with van der Waals surface area (Å²) < 4.78 is 0. The number of thioether (sulfide) groups is 1. The van der Waals surface area contributed by atoms with Gasteiger partial charge >= 0.3 is 0 Å². The van der Waals surface area contributed by atoms with E-state index < -0.39 is 0 Å². The zero-order chi connectivity index (χ0) is 13.0. The SMILES string of the molecule is Nc1ccc(SCC(=O)NC2CCCC2)c(Cl)c1. The van der Waals surface area contributed by atoms with Gasteiger partial charge in [-0.25, -0.2) is 0 Å². The van der Waals surface area contributed by atoms with Crippen LogP contribution in [0, 0.1) is 0 Å². The predicted octanol–water partition coefficient (Wildman–Crippen LogP) is 3.07. The smallest absolute Gasteiger partial charge is 0.230 e. The molecule has 0 bridgehead atoms. The zero-order valence-corrected chi connectivity index (χ0v) is 11.7. The van der Waals surface area contributed by atoms with Gasteiger partial charge in [-0.1, -0.05) is 24.4 Å². The molecule has 0 atom stereocenters. The maximum Gasteiger partial charge on any atom is 0.230 e. The molecule has 0 spiro atoms. The number of nitrogen functional groups attached to an aromatic ring is 1. The van der Waals surface area contributed by atoms with Crippen molar-refractivity contribution in [2.75, 3.05) is 11.5 Å². The highest BCUT2D eigenvalue weighted by atomic mass is 35.5. The van der Waals surface area contributed by atoms with Gasteiger partial charge in [-0.05, 0) is 31.0 Å². The Hall–Kier alpha value is -0.870. The highest BCUT2D eigenvalue weighted by Gasteiger charge is 2.17. The van der Waals surface area contributed by atoms with Gasteiger partial charge in [0, 0.05) is 16.6 Å². The molecule has 0 heterocycles. The molecule has 98 valence electrons. The second-order valence-electron chi connectivity index (χ2n) is 4.53. The molecule has 0 aromatic heterocycles. The quantitative estimate of drug-likeness (QED) is 0.660. The van der Waals surface area contributed by atoms with Crippen molar-refractivity contribution in [3.05, 3.63) is 23.2 Å². The fourth-order valence-corrected chi connectivity index (χ4v) is 3.20. The van der Waals surface area contributed by atoms with E-state index >= 15 is 0 Å². The van der Waals surface area contributed by atoms with E-state index in [0.29, 0.717) is 22.5 Å². The molecule has 0 aliphatic heterocycles. The van der Waals surface area contributed by atoms with E-state index in [9.17, 15) is 4.79 Å². The first kappa shape index (κ1) is 13.6. The molecule has 0 unspecified atom stereocenters. The number of benzene rings is 1. The third-order valence-corrected chi connectivity index (χ3v) is 4.53. The number of carbonyl (C=O) groups excluding carboxylic acids is 1. The Morgan fingerprint density at radius 2 is 2.17 bits per heavy atom. The summed E-state index contributed by atoms with van der Waals surface area (Å²) in [5.74, 6) is 0.486. The second-order valence-corrected chi connectivity index (χ2v) is 5.95. The molecule has 0 saturated heterocycles. The molecule has 0 radical (unpaired) electrons. The number of rotatable bonds is 4. The van der Waals surface area contributed by atoms with Gasteiger partial charge in [0.05, 0.1) is 10.8 Å². The van der Waals surface area contributed by atoms with Crippen LogP contribution in [0.25, 0.3) is 0 Å². The molecule has 1 aliphatic carbocycles. The summed E-state index contributed by atoms with van der Waals surface area (Å²) in [5.41, 5.74) is 6.26. The number of hydrogen-bond acceptors (Lipinski definition) is 3. The molecule has 3 N–H and O–H groups in total. The van der Waals surface area contributed by atoms with Gasteiger partial charge in [0.25, 0.3) is 0 Å². The number of nitrogens with two attached hydrogens (primary N) is 1. The van der Waals surface area contributed by atoms with E-state index in [-0.39, 0.29) is 5.91 Å². The molecule has 3 nitrogen and oxygen atoms in total. The minimum atomic E-state index is 0.0831. The summed E-state index contributed by atoms with van der Waals surface area (Å²) in [5, 5.41) is 3.66. The molecule has 1 aromatic carbocycles. The minimum absolute atomic E-state index is 0.0831. The van der Waals surface area contributed by atoms with Crippen LogP contribution in [0.4, 0.5) is 5.69 Å². The molecule has 18 heavy (non-hydrogen) atoms. The van der Waals surface area contributed by atoms with Gasteiger partial charge in [-0.15, -0.1) is 11.8 Å². The summed E-state index contributed by atoms with van der Waals surface area (Å²) in [6.07, 6.45) is 4.67. The van der Waals surface area contributed by atoms with Crippen molar-refractivity contribution in [1.82, 2.24) is 5.32 Å². The number of amides is 1. The van der Waals surface area contributed by atoms with Crippen LogP contribution in [0.5, 0.6) is 0 Å². The molecule has 1 amide bonds. The largest absolute Gasteiger partial charge is 0.399 e. The van der Waals surface area contributed by atoms with Crippen LogP contribution in [0.3, 0.4) is 0 Å². The van der Waals surface area contributed by atoms with Crippen molar-refractivity contribution in [3.8, 4) is 0 Å². The van der Waals surface area contributed by atoms with Gasteiger partial charge in [-0.2, -0.15) is 0 Å². The van der Waals surface area contributed by atoms with Crippen LogP contribution >= 0.6 is 23.4 Å². The lowest BCUT2D eigenvalue weighted by Crippen LogP contribution is -2.33. The Labute approximate surface area is 116 Å². The van der Waals surface area contributed by atoms with E-state index in [0.717, 1.165) is 17.7 Å². The number of carbonyl (C=O) groups is 1. The van der Waals surface area contributed by atoms with E-state index in [1.807, 2.05) is 6.07 Å². The number of nitrogens with one attached hydrogen (secondary N) is 1. The normalized spacial score (nSPS) is 15.8. The van der Waals surface area contributed by atoms with Crippen LogP contribution in [0.1, 0.15) is 25.7 Å². The Balaban J connectivity index is 1.81. The number of hydrogen-bond donors (Lipinski definition) is 2. The number of anilines is 1. The molecule has 1 saturated carbocycles. The Bertz CT molecular complexity index is 433. The molecule has 1 aliphatic rings. The lowest BCUT2D eigenvalue weighted by Gasteiger charge is -2.11.